The zero-order valence-electron chi connectivity index (χ0n) is 14.2. The van der Waals surface area contributed by atoms with Crippen LogP contribution in [0.4, 0.5) is 0 Å². The average molecular weight is 309 g/mol. The molecule has 0 atom stereocenters. The molecule has 2 aromatic rings. The fraction of sp³-hybridized carbons (Fsp3) is 0.300. The zero-order valence-corrected chi connectivity index (χ0v) is 14.2. The van der Waals surface area contributed by atoms with E-state index in [0.717, 1.165) is 29.4 Å². The fourth-order valence-electron chi connectivity index (χ4n) is 2.46. The minimum Gasteiger partial charge on any atom is -0.481 e. The van der Waals surface area contributed by atoms with Gasteiger partial charge in [0.2, 0.25) is 5.88 Å². The van der Waals surface area contributed by atoms with Crippen LogP contribution in [-0.2, 0) is 0 Å². The Bertz CT molecular complexity index is 718. The highest BCUT2D eigenvalue weighted by atomic mass is 16.5. The van der Waals surface area contributed by atoms with Gasteiger partial charge in [0.05, 0.1) is 7.11 Å². The van der Waals surface area contributed by atoms with Crippen LogP contribution in [0, 0.1) is 12.8 Å². The van der Waals surface area contributed by atoms with Crippen molar-refractivity contribution in [1.29, 1.82) is 0 Å². The number of ether oxygens (including phenoxy) is 1. The van der Waals surface area contributed by atoms with Gasteiger partial charge >= 0.3 is 0 Å². The molecule has 23 heavy (non-hydrogen) atoms. The van der Waals surface area contributed by atoms with Crippen LogP contribution < -0.4 is 4.74 Å². The van der Waals surface area contributed by atoms with Crippen molar-refractivity contribution in [3.63, 3.8) is 0 Å². The maximum absolute atomic E-state index is 11.3. The number of allylic oxidation sites excluding steroid dienone is 1. The van der Waals surface area contributed by atoms with Gasteiger partial charge in [-0.05, 0) is 42.0 Å². The summed E-state index contributed by atoms with van der Waals surface area (Å²) in [4.78, 5) is 15.5. The first kappa shape index (κ1) is 16.9. The first-order chi connectivity index (χ1) is 11.0. The van der Waals surface area contributed by atoms with E-state index in [-0.39, 0.29) is 0 Å². The largest absolute Gasteiger partial charge is 0.481 e. The van der Waals surface area contributed by atoms with Crippen LogP contribution in [0.2, 0.25) is 0 Å². The number of aromatic nitrogens is 1. The Labute approximate surface area is 138 Å². The monoisotopic (exact) mass is 309 g/mol. The average Bonchev–Trinajstić information content (AvgIpc) is 2.54. The normalized spacial score (nSPS) is 11.2. The lowest BCUT2D eigenvalue weighted by Crippen LogP contribution is -1.97. The van der Waals surface area contributed by atoms with E-state index >= 15 is 0 Å². The lowest BCUT2D eigenvalue weighted by Gasteiger charge is -2.10. The summed E-state index contributed by atoms with van der Waals surface area (Å²) >= 11 is 0. The van der Waals surface area contributed by atoms with Gasteiger partial charge in [0.1, 0.15) is 5.69 Å². The van der Waals surface area contributed by atoms with E-state index < -0.39 is 0 Å². The second-order valence-corrected chi connectivity index (χ2v) is 6.01. The third-order valence-electron chi connectivity index (χ3n) is 3.68. The van der Waals surface area contributed by atoms with Crippen LogP contribution in [0.3, 0.4) is 0 Å². The van der Waals surface area contributed by atoms with Crippen molar-refractivity contribution in [3.8, 4) is 17.0 Å². The molecule has 2 rings (SSSR count). The SMILES string of the molecule is COc1ccc(-c2ccc(/C=C/CC(C)C)cc2C)c(C=O)n1. The van der Waals surface area contributed by atoms with Crippen molar-refractivity contribution < 1.29 is 9.53 Å². The van der Waals surface area contributed by atoms with Gasteiger partial charge < -0.3 is 4.74 Å². The number of hydrogen-bond acceptors (Lipinski definition) is 3. The molecule has 3 nitrogen and oxygen atoms in total. The first-order valence-electron chi connectivity index (χ1n) is 7.83. The molecule has 0 amide bonds. The molecule has 0 bridgehead atoms. The number of methoxy groups -OCH3 is 1. The molecule has 0 saturated heterocycles. The Kier molecular flexibility index (Phi) is 5.69. The maximum Gasteiger partial charge on any atom is 0.213 e. The predicted molar refractivity (Wildman–Crippen MR) is 94.8 cm³/mol. The Morgan fingerprint density at radius 3 is 2.52 bits per heavy atom. The van der Waals surface area contributed by atoms with Crippen molar-refractivity contribution in [2.75, 3.05) is 7.11 Å². The number of aldehydes is 1. The van der Waals surface area contributed by atoms with Crippen LogP contribution in [0.5, 0.6) is 5.88 Å². The third kappa shape index (κ3) is 4.28. The topological polar surface area (TPSA) is 39.2 Å². The summed E-state index contributed by atoms with van der Waals surface area (Å²) in [6.07, 6.45) is 6.18. The molecule has 1 heterocycles. The third-order valence-corrected chi connectivity index (χ3v) is 3.68. The second-order valence-electron chi connectivity index (χ2n) is 6.01. The van der Waals surface area contributed by atoms with Gasteiger partial charge in [-0.3, -0.25) is 4.79 Å². The molecular formula is C20H23NO2. The van der Waals surface area contributed by atoms with Gasteiger partial charge in [-0.1, -0.05) is 44.2 Å². The molecule has 0 aliphatic heterocycles. The Hall–Kier alpha value is -2.42. The highest BCUT2D eigenvalue weighted by molar-refractivity contribution is 5.86. The van der Waals surface area contributed by atoms with Crippen molar-refractivity contribution in [3.05, 3.63) is 53.2 Å². The summed E-state index contributed by atoms with van der Waals surface area (Å²) < 4.78 is 5.08. The Balaban J connectivity index is 2.34. The Morgan fingerprint density at radius 1 is 1.17 bits per heavy atom. The van der Waals surface area contributed by atoms with E-state index in [4.69, 9.17) is 4.74 Å². The molecule has 0 aliphatic carbocycles. The molecule has 0 saturated carbocycles. The Morgan fingerprint density at radius 2 is 1.91 bits per heavy atom. The zero-order chi connectivity index (χ0) is 16.8. The molecule has 1 aromatic heterocycles. The van der Waals surface area contributed by atoms with Crippen LogP contribution in [-0.4, -0.2) is 18.4 Å². The molecule has 0 fully saturated rings. The van der Waals surface area contributed by atoms with E-state index in [1.165, 1.54) is 5.56 Å². The number of carbonyl (C=O) groups is 1. The summed E-state index contributed by atoms with van der Waals surface area (Å²) in [5, 5.41) is 0. The van der Waals surface area contributed by atoms with Gasteiger partial charge in [-0.15, -0.1) is 0 Å². The van der Waals surface area contributed by atoms with E-state index in [1.54, 1.807) is 13.2 Å². The van der Waals surface area contributed by atoms with Crippen molar-refractivity contribution in [2.24, 2.45) is 5.92 Å². The standard InChI is InChI=1S/C20H23NO2/c1-14(2)6-5-7-16-8-9-17(15(3)12-16)18-10-11-20(23-4)21-19(18)13-22/h5,7-14H,6H2,1-4H3/b7-5+. The number of rotatable bonds is 6. The molecule has 0 spiro atoms. The number of nitrogens with zero attached hydrogens (tertiary/aromatic N) is 1. The smallest absolute Gasteiger partial charge is 0.213 e. The number of benzene rings is 1. The number of aryl methyl sites for hydroxylation is 1. The molecule has 3 heteroatoms. The summed E-state index contributed by atoms with van der Waals surface area (Å²) in [6.45, 7) is 6.46. The van der Waals surface area contributed by atoms with Gasteiger partial charge in [-0.25, -0.2) is 4.98 Å². The number of pyridine rings is 1. The number of hydrogen-bond donors (Lipinski definition) is 0. The van der Waals surface area contributed by atoms with Crippen molar-refractivity contribution in [2.45, 2.75) is 27.2 Å². The van der Waals surface area contributed by atoms with Crippen LogP contribution in [0.25, 0.3) is 17.2 Å². The molecule has 0 radical (unpaired) electrons. The van der Waals surface area contributed by atoms with E-state index in [9.17, 15) is 4.79 Å². The summed E-state index contributed by atoms with van der Waals surface area (Å²) in [5.41, 5.74) is 4.53. The van der Waals surface area contributed by atoms with E-state index in [2.05, 4.69) is 43.1 Å². The molecule has 1 aromatic carbocycles. The lowest BCUT2D eigenvalue weighted by molar-refractivity contribution is 0.111. The van der Waals surface area contributed by atoms with Gasteiger partial charge in [0, 0.05) is 11.6 Å². The van der Waals surface area contributed by atoms with Crippen LogP contribution in [0.1, 0.15) is 41.9 Å². The van der Waals surface area contributed by atoms with Gasteiger partial charge in [-0.2, -0.15) is 0 Å². The van der Waals surface area contributed by atoms with Gasteiger partial charge in [0.25, 0.3) is 0 Å². The maximum atomic E-state index is 11.3. The highest BCUT2D eigenvalue weighted by Crippen LogP contribution is 2.28. The number of carbonyl (C=O) groups excluding carboxylic acids is 1. The molecular weight excluding hydrogens is 286 g/mol. The highest BCUT2D eigenvalue weighted by Gasteiger charge is 2.10. The lowest BCUT2D eigenvalue weighted by atomic mass is 9.97. The molecule has 0 unspecified atom stereocenters. The van der Waals surface area contributed by atoms with Crippen LogP contribution >= 0.6 is 0 Å². The first-order valence-corrected chi connectivity index (χ1v) is 7.83. The second kappa shape index (κ2) is 7.73. The minimum atomic E-state index is 0.399. The van der Waals surface area contributed by atoms with E-state index in [1.807, 2.05) is 19.1 Å². The minimum absolute atomic E-state index is 0.399. The summed E-state index contributed by atoms with van der Waals surface area (Å²) in [6, 6.07) is 9.90. The summed E-state index contributed by atoms with van der Waals surface area (Å²) in [7, 11) is 1.54. The molecule has 0 aliphatic rings. The predicted octanol–water partition coefficient (Wildman–Crippen LogP) is 4.94. The van der Waals surface area contributed by atoms with E-state index in [0.29, 0.717) is 17.5 Å². The van der Waals surface area contributed by atoms with Gasteiger partial charge in [0.15, 0.2) is 6.29 Å². The summed E-state index contributed by atoms with van der Waals surface area (Å²) in [5.74, 6) is 1.11. The van der Waals surface area contributed by atoms with Crippen molar-refractivity contribution in [1.82, 2.24) is 4.98 Å². The van der Waals surface area contributed by atoms with Crippen molar-refractivity contribution >= 4 is 12.4 Å². The molecule has 0 N–H and O–H groups in total. The quantitative estimate of drug-likeness (QED) is 0.710. The fourth-order valence-corrected chi connectivity index (χ4v) is 2.46. The van der Waals surface area contributed by atoms with Crippen LogP contribution in [0.15, 0.2) is 36.4 Å². The molecule has 120 valence electrons.